The Hall–Kier alpha value is -1.26. The fraction of sp³-hybridized carbons (Fsp3) is 0.857. The van der Waals surface area contributed by atoms with Crippen LogP contribution in [0.1, 0.15) is 13.3 Å². The van der Waals surface area contributed by atoms with Crippen LogP contribution in [-0.4, -0.2) is 32.2 Å². The zero-order valence-electron chi connectivity index (χ0n) is 7.69. The van der Waals surface area contributed by atoms with Crippen molar-refractivity contribution in [2.75, 3.05) is 26.3 Å². The van der Waals surface area contributed by atoms with Crippen LogP contribution in [0.2, 0.25) is 0 Å². The van der Waals surface area contributed by atoms with Crippen molar-refractivity contribution in [3.05, 3.63) is 10.4 Å². The first kappa shape index (κ1) is 11.7. The van der Waals surface area contributed by atoms with Crippen LogP contribution in [-0.2, 0) is 9.53 Å². The fourth-order valence-electron chi connectivity index (χ4n) is 0.640. The van der Waals surface area contributed by atoms with Gasteiger partial charge in [-0.3, -0.25) is 4.79 Å². The van der Waals surface area contributed by atoms with Crippen LogP contribution in [0.4, 0.5) is 0 Å². The molecule has 0 aromatic heterocycles. The Labute approximate surface area is 76.9 Å². The second-order valence-corrected chi connectivity index (χ2v) is 2.27. The Bertz CT molecular complexity index is 189. The third-order valence-electron chi connectivity index (χ3n) is 1.29. The second-order valence-electron chi connectivity index (χ2n) is 2.27. The number of rotatable bonds is 7. The molecule has 0 spiro atoms. The summed E-state index contributed by atoms with van der Waals surface area (Å²) >= 11 is 0. The first-order valence-electron chi connectivity index (χ1n) is 4.16. The summed E-state index contributed by atoms with van der Waals surface area (Å²) in [7, 11) is 0. The standard InChI is InChI=1S/C7H14N4O2/c1-2-7(12)9-3-5-13-6-4-10-11-8/h2-6H2,1H3,(H,9,12). The Balaban J connectivity index is 3.08. The minimum atomic E-state index is 0.0126. The highest BCUT2D eigenvalue weighted by atomic mass is 16.5. The quantitative estimate of drug-likeness (QED) is 0.276. The molecule has 13 heavy (non-hydrogen) atoms. The normalized spacial score (nSPS) is 9.00. The number of ether oxygens (including phenoxy) is 1. The molecule has 0 atom stereocenters. The van der Waals surface area contributed by atoms with Gasteiger partial charge in [0.05, 0.1) is 13.2 Å². The van der Waals surface area contributed by atoms with Crippen LogP contribution in [0.25, 0.3) is 10.4 Å². The summed E-state index contributed by atoms with van der Waals surface area (Å²) in [5.41, 5.74) is 7.92. The van der Waals surface area contributed by atoms with Gasteiger partial charge in [0.25, 0.3) is 0 Å². The Morgan fingerprint density at radius 1 is 1.62 bits per heavy atom. The Morgan fingerprint density at radius 3 is 3.00 bits per heavy atom. The molecule has 1 amide bonds. The lowest BCUT2D eigenvalue weighted by molar-refractivity contribution is -0.121. The number of nitrogens with one attached hydrogen (secondary N) is 1. The summed E-state index contributed by atoms with van der Waals surface area (Å²) in [6.45, 7) is 3.47. The number of carbonyl (C=O) groups is 1. The zero-order valence-corrected chi connectivity index (χ0v) is 7.69. The van der Waals surface area contributed by atoms with Gasteiger partial charge in [0.15, 0.2) is 0 Å². The third kappa shape index (κ3) is 8.65. The molecule has 0 heterocycles. The van der Waals surface area contributed by atoms with Crippen molar-refractivity contribution in [2.24, 2.45) is 5.11 Å². The van der Waals surface area contributed by atoms with Gasteiger partial charge in [0.1, 0.15) is 0 Å². The van der Waals surface area contributed by atoms with E-state index in [4.69, 9.17) is 10.3 Å². The fourth-order valence-corrected chi connectivity index (χ4v) is 0.640. The number of hydrogen-bond donors (Lipinski definition) is 1. The lowest BCUT2D eigenvalue weighted by atomic mass is 10.4. The number of amides is 1. The van der Waals surface area contributed by atoms with E-state index in [-0.39, 0.29) is 5.91 Å². The molecule has 0 aliphatic rings. The molecule has 0 aliphatic heterocycles. The van der Waals surface area contributed by atoms with E-state index in [0.29, 0.717) is 32.7 Å². The zero-order chi connectivity index (χ0) is 9.94. The van der Waals surface area contributed by atoms with Crippen LogP contribution in [0, 0.1) is 0 Å². The van der Waals surface area contributed by atoms with E-state index >= 15 is 0 Å². The Morgan fingerprint density at radius 2 is 2.38 bits per heavy atom. The molecule has 0 bridgehead atoms. The van der Waals surface area contributed by atoms with Crippen LogP contribution in [0.15, 0.2) is 5.11 Å². The molecule has 0 aromatic carbocycles. The van der Waals surface area contributed by atoms with Crippen LogP contribution < -0.4 is 5.32 Å². The smallest absolute Gasteiger partial charge is 0.219 e. The number of azide groups is 1. The van der Waals surface area contributed by atoms with Gasteiger partial charge in [-0.05, 0) is 5.53 Å². The first-order valence-corrected chi connectivity index (χ1v) is 4.16. The summed E-state index contributed by atoms with van der Waals surface area (Å²) in [6, 6.07) is 0. The van der Waals surface area contributed by atoms with Crippen molar-refractivity contribution in [3.8, 4) is 0 Å². The molecule has 0 rings (SSSR count). The monoisotopic (exact) mass is 186 g/mol. The van der Waals surface area contributed by atoms with E-state index in [9.17, 15) is 4.79 Å². The molecule has 0 aliphatic carbocycles. The highest BCUT2D eigenvalue weighted by Gasteiger charge is 1.94. The summed E-state index contributed by atoms with van der Waals surface area (Å²) in [4.78, 5) is 13.3. The van der Waals surface area contributed by atoms with E-state index < -0.39 is 0 Å². The Kier molecular flexibility index (Phi) is 7.98. The second kappa shape index (κ2) is 8.83. The molecule has 0 saturated carbocycles. The lowest BCUT2D eigenvalue weighted by Crippen LogP contribution is -2.26. The van der Waals surface area contributed by atoms with Gasteiger partial charge in [-0.15, -0.1) is 0 Å². The summed E-state index contributed by atoms with van der Waals surface area (Å²) in [5.74, 6) is 0.0126. The van der Waals surface area contributed by atoms with Gasteiger partial charge in [-0.25, -0.2) is 0 Å². The van der Waals surface area contributed by atoms with Gasteiger partial charge in [-0.1, -0.05) is 12.0 Å². The third-order valence-corrected chi connectivity index (χ3v) is 1.29. The predicted octanol–water partition coefficient (Wildman–Crippen LogP) is 0.839. The van der Waals surface area contributed by atoms with E-state index in [0.717, 1.165) is 0 Å². The molecular formula is C7H14N4O2. The maximum atomic E-state index is 10.7. The largest absolute Gasteiger partial charge is 0.379 e. The molecule has 0 unspecified atom stereocenters. The van der Waals surface area contributed by atoms with Gasteiger partial charge in [0, 0.05) is 24.4 Å². The van der Waals surface area contributed by atoms with E-state index in [1.165, 1.54) is 0 Å². The number of hydrogen-bond acceptors (Lipinski definition) is 3. The number of nitrogens with zero attached hydrogens (tertiary/aromatic N) is 3. The summed E-state index contributed by atoms with van der Waals surface area (Å²) in [5, 5.41) is 5.94. The van der Waals surface area contributed by atoms with E-state index in [2.05, 4.69) is 15.3 Å². The van der Waals surface area contributed by atoms with E-state index in [1.54, 1.807) is 6.92 Å². The first-order chi connectivity index (χ1) is 6.31. The highest BCUT2D eigenvalue weighted by molar-refractivity contribution is 5.75. The minimum absolute atomic E-state index is 0.0126. The average Bonchev–Trinajstić information content (AvgIpc) is 2.16. The number of carbonyl (C=O) groups excluding carboxylic acids is 1. The molecule has 0 radical (unpaired) electrons. The van der Waals surface area contributed by atoms with Crippen LogP contribution >= 0.6 is 0 Å². The summed E-state index contributed by atoms with van der Waals surface area (Å²) in [6.07, 6.45) is 0.485. The minimum Gasteiger partial charge on any atom is -0.379 e. The van der Waals surface area contributed by atoms with Gasteiger partial charge in [0.2, 0.25) is 5.91 Å². The lowest BCUT2D eigenvalue weighted by Gasteiger charge is -2.03. The van der Waals surface area contributed by atoms with Crippen LogP contribution in [0.3, 0.4) is 0 Å². The van der Waals surface area contributed by atoms with Crippen molar-refractivity contribution in [3.63, 3.8) is 0 Å². The maximum Gasteiger partial charge on any atom is 0.219 e. The van der Waals surface area contributed by atoms with Crippen LogP contribution in [0.5, 0.6) is 0 Å². The van der Waals surface area contributed by atoms with Crippen molar-refractivity contribution >= 4 is 5.91 Å². The van der Waals surface area contributed by atoms with Gasteiger partial charge in [-0.2, -0.15) is 0 Å². The van der Waals surface area contributed by atoms with Crippen molar-refractivity contribution in [1.29, 1.82) is 0 Å². The van der Waals surface area contributed by atoms with Crippen molar-refractivity contribution in [1.82, 2.24) is 5.32 Å². The molecule has 1 N–H and O–H groups in total. The topological polar surface area (TPSA) is 87.1 Å². The van der Waals surface area contributed by atoms with Gasteiger partial charge >= 0.3 is 0 Å². The molecule has 74 valence electrons. The summed E-state index contributed by atoms with van der Waals surface area (Å²) < 4.78 is 5.05. The average molecular weight is 186 g/mol. The molecule has 6 heteroatoms. The highest BCUT2D eigenvalue weighted by Crippen LogP contribution is 1.78. The maximum absolute atomic E-state index is 10.7. The molecule has 6 nitrogen and oxygen atoms in total. The molecule has 0 saturated heterocycles. The molecule has 0 fully saturated rings. The predicted molar refractivity (Wildman–Crippen MR) is 48.1 cm³/mol. The molecular weight excluding hydrogens is 172 g/mol. The SMILES string of the molecule is CCC(=O)NCCOCCN=[N+]=[N-]. The molecule has 0 aromatic rings. The van der Waals surface area contributed by atoms with Crippen molar-refractivity contribution < 1.29 is 9.53 Å². The van der Waals surface area contributed by atoms with E-state index in [1.807, 2.05) is 0 Å². The van der Waals surface area contributed by atoms with Crippen molar-refractivity contribution in [2.45, 2.75) is 13.3 Å². The van der Waals surface area contributed by atoms with Gasteiger partial charge < -0.3 is 10.1 Å².